The van der Waals surface area contributed by atoms with E-state index in [9.17, 15) is 18.4 Å². The molecule has 0 spiro atoms. The van der Waals surface area contributed by atoms with Gasteiger partial charge in [0.2, 0.25) is 0 Å². The average Bonchev–Trinajstić information content (AvgIpc) is 3.18. The van der Waals surface area contributed by atoms with Gasteiger partial charge >= 0.3 is 161 Å². The number of hydrogen-bond acceptors (Lipinski definition) is 3. The summed E-state index contributed by atoms with van der Waals surface area (Å²) in [5, 5.41) is 1.76. The first-order valence-electron chi connectivity index (χ1n) is 8.31. The SMILES string of the molecule is O=C1NC(=O)C([CH]2C3=[C](Cc4cc(F)cc(F)c4)[In]2[c]2ccccc23)S1. The Morgan fingerprint density at radius 1 is 1.08 bits per heavy atom. The van der Waals surface area contributed by atoms with Crippen molar-refractivity contribution in [2.45, 2.75) is 15.3 Å². The third-order valence-corrected chi connectivity index (χ3v) is 18.3. The van der Waals surface area contributed by atoms with Gasteiger partial charge in [0.05, 0.1) is 0 Å². The Balaban J connectivity index is 1.55. The van der Waals surface area contributed by atoms with Crippen LogP contribution in [-0.4, -0.2) is 37.8 Å². The van der Waals surface area contributed by atoms with Crippen LogP contribution >= 0.6 is 11.8 Å². The van der Waals surface area contributed by atoms with Gasteiger partial charge in [-0.15, -0.1) is 0 Å². The van der Waals surface area contributed by atoms with Gasteiger partial charge < -0.3 is 0 Å². The molecule has 4 aliphatic rings. The van der Waals surface area contributed by atoms with Crippen LogP contribution in [0.4, 0.5) is 13.6 Å². The van der Waals surface area contributed by atoms with Crippen LogP contribution in [0.3, 0.4) is 0 Å². The summed E-state index contributed by atoms with van der Waals surface area (Å²) in [6.45, 7) is 0. The van der Waals surface area contributed by atoms with E-state index in [1.807, 2.05) is 12.1 Å². The number of carbonyl (C=O) groups excluding carboxylic acids is 2. The van der Waals surface area contributed by atoms with E-state index in [0.717, 1.165) is 23.4 Å². The fourth-order valence-corrected chi connectivity index (χ4v) is 19.0. The van der Waals surface area contributed by atoms with Gasteiger partial charge in [-0.3, -0.25) is 0 Å². The van der Waals surface area contributed by atoms with Gasteiger partial charge in [0.25, 0.3) is 0 Å². The number of benzene rings is 2. The predicted octanol–water partition coefficient (Wildman–Crippen LogP) is 2.95. The summed E-state index contributed by atoms with van der Waals surface area (Å²) in [6, 6.07) is 11.8. The molecule has 2 unspecified atom stereocenters. The van der Waals surface area contributed by atoms with Crippen LogP contribution in [0, 0.1) is 11.6 Å². The Hall–Kier alpha value is -1.60. The summed E-state index contributed by atoms with van der Waals surface area (Å²) in [5.74, 6) is -1.34. The number of halogens is 2. The predicted molar refractivity (Wildman–Crippen MR) is 97.5 cm³/mol. The zero-order chi connectivity index (χ0) is 18.0. The van der Waals surface area contributed by atoms with E-state index in [2.05, 4.69) is 17.4 Å². The van der Waals surface area contributed by atoms with E-state index < -0.39 is 33.1 Å². The van der Waals surface area contributed by atoms with Gasteiger partial charge in [-0.1, -0.05) is 0 Å². The molecule has 0 aromatic heterocycles. The van der Waals surface area contributed by atoms with E-state index in [-0.39, 0.29) is 20.1 Å². The Morgan fingerprint density at radius 2 is 1.81 bits per heavy atom. The first kappa shape index (κ1) is 16.6. The van der Waals surface area contributed by atoms with Crippen LogP contribution in [0.15, 0.2) is 45.8 Å². The Kier molecular flexibility index (Phi) is 3.79. The molecule has 2 atom stereocenters. The molecule has 0 saturated carbocycles. The second-order valence-electron chi connectivity index (χ2n) is 6.80. The number of amides is 2. The topological polar surface area (TPSA) is 46.2 Å². The molecule has 3 nitrogen and oxygen atoms in total. The first-order chi connectivity index (χ1) is 12.5. The number of allylic oxidation sites excluding steroid dienone is 2. The second-order valence-corrected chi connectivity index (χ2v) is 16.5. The van der Waals surface area contributed by atoms with E-state index >= 15 is 0 Å². The molecule has 4 aliphatic heterocycles. The van der Waals surface area contributed by atoms with Crippen molar-refractivity contribution >= 4 is 53.2 Å². The van der Waals surface area contributed by atoms with E-state index in [4.69, 9.17) is 0 Å². The van der Waals surface area contributed by atoms with Gasteiger partial charge in [-0.25, -0.2) is 0 Å². The van der Waals surface area contributed by atoms with Crippen molar-refractivity contribution in [3.63, 3.8) is 0 Å². The van der Waals surface area contributed by atoms with Crippen molar-refractivity contribution in [2.24, 2.45) is 0 Å². The molecule has 2 amide bonds. The Morgan fingerprint density at radius 3 is 2.46 bits per heavy atom. The summed E-state index contributed by atoms with van der Waals surface area (Å²) >= 11 is -1.42. The van der Waals surface area contributed by atoms with Crippen LogP contribution in [0.5, 0.6) is 0 Å². The Bertz CT molecular complexity index is 1000. The van der Waals surface area contributed by atoms with Crippen molar-refractivity contribution < 1.29 is 18.4 Å². The molecule has 4 heterocycles. The molecule has 1 N–H and O–H groups in total. The molecule has 2 aromatic rings. The molecule has 0 aliphatic carbocycles. The summed E-state index contributed by atoms with van der Waals surface area (Å²) in [4.78, 5) is 23.8. The maximum atomic E-state index is 13.6. The van der Waals surface area contributed by atoms with Crippen LogP contribution in [0.1, 0.15) is 11.1 Å². The van der Waals surface area contributed by atoms with E-state index in [1.165, 1.54) is 24.3 Å². The molecule has 26 heavy (non-hydrogen) atoms. The summed E-state index contributed by atoms with van der Waals surface area (Å²) in [7, 11) is 0. The molecule has 0 radical (unpaired) electrons. The zero-order valence-corrected chi connectivity index (χ0v) is 17.6. The van der Waals surface area contributed by atoms with Crippen molar-refractivity contribution in [1.82, 2.24) is 5.32 Å². The first-order valence-corrected chi connectivity index (χ1v) is 14.4. The van der Waals surface area contributed by atoms with Gasteiger partial charge in [0.15, 0.2) is 0 Å². The number of rotatable bonds is 3. The molecule has 1 fully saturated rings. The summed E-state index contributed by atoms with van der Waals surface area (Å²) in [5.41, 5.74) is 2.95. The second kappa shape index (κ2) is 5.96. The fourth-order valence-electron chi connectivity index (χ4n) is 4.49. The molecular formula is C19H12F2InNO2S. The normalized spacial score (nSPS) is 23.2. The monoisotopic (exact) mass is 471 g/mol. The molecule has 1 saturated heterocycles. The van der Waals surface area contributed by atoms with E-state index in [0.29, 0.717) is 12.0 Å². The standard InChI is InChI=1S/C19H12F2NO2S.In/c20-15-8-12(9-16(21)11-15)6-7-14(13-4-2-1-3-5-13)10-17-18(23)22-19(24)25-17;/h1-4,8-11,17H,6H2,(H,22,23,24);. The van der Waals surface area contributed by atoms with Crippen molar-refractivity contribution in [2.75, 3.05) is 0 Å². The number of imide groups is 1. The quantitative estimate of drug-likeness (QED) is 0.750. The van der Waals surface area contributed by atoms with Gasteiger partial charge in [-0.05, 0) is 0 Å². The fraction of sp³-hybridized carbons (Fsp3) is 0.158. The number of carbonyl (C=O) groups is 2. The molecule has 6 rings (SSSR count). The van der Waals surface area contributed by atoms with Gasteiger partial charge in [-0.2, -0.15) is 0 Å². The van der Waals surface area contributed by atoms with Crippen molar-refractivity contribution in [3.05, 3.63) is 68.6 Å². The molecular weight excluding hydrogens is 459 g/mol. The van der Waals surface area contributed by atoms with E-state index in [1.54, 1.807) is 0 Å². The minimum atomic E-state index is -2.51. The molecule has 7 heteroatoms. The zero-order valence-electron chi connectivity index (χ0n) is 13.5. The van der Waals surface area contributed by atoms with Crippen molar-refractivity contribution in [3.8, 4) is 0 Å². The third kappa shape index (κ3) is 2.40. The third-order valence-electron chi connectivity index (χ3n) is 5.36. The van der Waals surface area contributed by atoms with Crippen LogP contribution in [0.25, 0.3) is 5.57 Å². The van der Waals surface area contributed by atoms with Crippen LogP contribution < -0.4 is 8.64 Å². The number of thioether (sulfide) groups is 1. The maximum absolute atomic E-state index is 13.6. The van der Waals surface area contributed by atoms with Crippen LogP contribution in [0.2, 0.25) is 3.67 Å². The Labute approximate surface area is 160 Å². The van der Waals surface area contributed by atoms with Crippen molar-refractivity contribution in [1.29, 1.82) is 0 Å². The minimum absolute atomic E-state index is 0.152. The number of hydrogen-bond donors (Lipinski definition) is 1. The molecule has 128 valence electrons. The molecule has 2 bridgehead atoms. The van der Waals surface area contributed by atoms with Gasteiger partial charge in [0, 0.05) is 0 Å². The summed E-state index contributed by atoms with van der Waals surface area (Å²) < 4.78 is 29.9. The van der Waals surface area contributed by atoms with Crippen LogP contribution in [-0.2, 0) is 11.2 Å². The van der Waals surface area contributed by atoms with Gasteiger partial charge in [0.1, 0.15) is 0 Å². The summed E-state index contributed by atoms with van der Waals surface area (Å²) in [6.07, 6.45) is 0.531. The molecule has 2 aromatic carbocycles. The number of nitrogens with one attached hydrogen (secondary N) is 1. The average molecular weight is 471 g/mol.